The number of carbonyl (C=O) groups is 2. The largest absolute Gasteiger partial charge is 0.495 e. The van der Waals surface area contributed by atoms with Gasteiger partial charge < -0.3 is 30.1 Å². The Morgan fingerprint density at radius 3 is 2.36 bits per heavy atom. The second-order valence-electron chi connectivity index (χ2n) is 14.6. The molecule has 2 aliphatic heterocycles. The van der Waals surface area contributed by atoms with Crippen molar-refractivity contribution in [1.82, 2.24) is 20.1 Å². The zero-order valence-corrected chi connectivity index (χ0v) is 28.5. The van der Waals surface area contributed by atoms with Crippen LogP contribution in [0.3, 0.4) is 0 Å². The molecule has 1 aromatic heterocycles. The molecular weight excluding hydrogens is 590 g/mol. The third-order valence-corrected chi connectivity index (χ3v) is 11.4. The molecule has 2 amide bonds. The molecule has 3 saturated carbocycles. The summed E-state index contributed by atoms with van der Waals surface area (Å²) in [6.45, 7) is 8.08. The molecule has 3 heterocycles. The number of aromatic nitrogens is 1. The highest BCUT2D eigenvalue weighted by molar-refractivity contribution is 6.04. The minimum Gasteiger partial charge on any atom is -0.495 e. The van der Waals surface area contributed by atoms with Crippen molar-refractivity contribution >= 4 is 34.8 Å². The van der Waals surface area contributed by atoms with Crippen LogP contribution in [0.25, 0.3) is 0 Å². The Kier molecular flexibility index (Phi) is 9.59. The number of piperazine rings is 1. The topological polar surface area (TPSA) is 93.3 Å². The summed E-state index contributed by atoms with van der Waals surface area (Å²) in [6, 6.07) is 10.3. The van der Waals surface area contributed by atoms with Gasteiger partial charge in [0.2, 0.25) is 5.91 Å². The zero-order valence-electron chi connectivity index (χ0n) is 28.5. The molecule has 4 fully saturated rings. The first-order valence-corrected chi connectivity index (χ1v) is 18.2. The van der Waals surface area contributed by atoms with E-state index in [0.29, 0.717) is 29.2 Å². The molecule has 3 aliphatic carbocycles. The quantitative estimate of drug-likeness (QED) is 0.375. The Morgan fingerprint density at radius 2 is 1.66 bits per heavy atom. The summed E-state index contributed by atoms with van der Waals surface area (Å²) in [5.41, 5.74) is 2.17. The number of carbonyl (C=O) groups excluding carboxylic acids is 2. The van der Waals surface area contributed by atoms with Gasteiger partial charge in [0.1, 0.15) is 17.6 Å². The van der Waals surface area contributed by atoms with E-state index in [1.165, 1.54) is 64.8 Å². The lowest BCUT2D eigenvalue weighted by Crippen LogP contribution is -2.55. The van der Waals surface area contributed by atoms with Gasteiger partial charge >= 0.3 is 0 Å². The number of benzene rings is 1. The van der Waals surface area contributed by atoms with E-state index in [0.717, 1.165) is 61.6 Å². The molecule has 0 unspecified atom stereocenters. The van der Waals surface area contributed by atoms with Crippen LogP contribution in [0.1, 0.15) is 87.9 Å². The van der Waals surface area contributed by atoms with Crippen molar-refractivity contribution in [1.29, 1.82) is 0 Å². The minimum absolute atomic E-state index is 0.0521. The van der Waals surface area contributed by atoms with Gasteiger partial charge in [0.25, 0.3) is 5.91 Å². The van der Waals surface area contributed by atoms with Crippen molar-refractivity contribution < 1.29 is 14.3 Å². The predicted octanol–water partition coefficient (Wildman–Crippen LogP) is 5.41. The Bertz CT molecular complexity index is 1430. The van der Waals surface area contributed by atoms with E-state index in [1.54, 1.807) is 12.0 Å². The molecule has 5 aliphatic rings. The molecule has 0 bridgehead atoms. The standard InChI is InChI=1S/C37H53N7O3/c1-25-37(46)41(2)32-17-18-34(40-35(32)44(25)30-7-5-4-6-8-30)39-31-16-11-27(23-33(31)47-3)36(45)38-28-12-14-29(15-13-28)43-21-19-42(20-22-43)24-26-9-10-26/h11,16-18,23,25-26,28-30H,4-10,12-15,19-22,24H2,1-3H3,(H,38,45)(H,39,40)/t25-,28?,29?/m1/s1. The fourth-order valence-electron chi connectivity index (χ4n) is 8.42. The smallest absolute Gasteiger partial charge is 0.251 e. The molecule has 1 aromatic carbocycles. The SMILES string of the molecule is COc1cc(C(=O)NC2CCC(N3CCN(CC4CC4)CC3)CC2)ccc1Nc1ccc2c(n1)N(C1CCCCC1)[C@H](C)C(=O)N2C. The molecule has 1 saturated heterocycles. The van der Waals surface area contributed by atoms with E-state index in [1.807, 2.05) is 44.3 Å². The Labute approximate surface area is 280 Å². The van der Waals surface area contributed by atoms with Crippen LogP contribution in [0.15, 0.2) is 30.3 Å². The van der Waals surface area contributed by atoms with Crippen molar-refractivity contribution in [2.45, 2.75) is 102 Å². The van der Waals surface area contributed by atoms with Crippen molar-refractivity contribution in [3.63, 3.8) is 0 Å². The highest BCUT2D eigenvalue weighted by Crippen LogP contribution is 2.40. The number of amides is 2. The number of anilines is 4. The van der Waals surface area contributed by atoms with Crippen LogP contribution in [0.2, 0.25) is 0 Å². The fraction of sp³-hybridized carbons (Fsp3) is 0.649. The van der Waals surface area contributed by atoms with E-state index >= 15 is 0 Å². The third-order valence-electron chi connectivity index (χ3n) is 11.4. The molecule has 7 rings (SSSR count). The maximum atomic E-state index is 13.3. The first kappa shape index (κ1) is 32.2. The predicted molar refractivity (Wildman–Crippen MR) is 187 cm³/mol. The van der Waals surface area contributed by atoms with Gasteiger partial charge in [0, 0.05) is 63.5 Å². The van der Waals surface area contributed by atoms with Gasteiger partial charge in [0.05, 0.1) is 18.5 Å². The number of hydrogen-bond donors (Lipinski definition) is 2. The number of nitrogens with zero attached hydrogens (tertiary/aromatic N) is 5. The first-order valence-electron chi connectivity index (χ1n) is 18.2. The Morgan fingerprint density at radius 1 is 0.915 bits per heavy atom. The van der Waals surface area contributed by atoms with Gasteiger partial charge in [-0.25, -0.2) is 4.98 Å². The van der Waals surface area contributed by atoms with Crippen LogP contribution in [0.5, 0.6) is 5.75 Å². The number of ether oxygens (including phenoxy) is 1. The molecule has 2 N–H and O–H groups in total. The van der Waals surface area contributed by atoms with Crippen LogP contribution in [-0.2, 0) is 4.79 Å². The van der Waals surface area contributed by atoms with Gasteiger partial charge in [-0.1, -0.05) is 19.3 Å². The summed E-state index contributed by atoms with van der Waals surface area (Å²) in [4.78, 5) is 40.8. The molecule has 10 nitrogen and oxygen atoms in total. The molecule has 254 valence electrons. The number of hydrogen-bond acceptors (Lipinski definition) is 8. The summed E-state index contributed by atoms with van der Waals surface area (Å²) >= 11 is 0. The summed E-state index contributed by atoms with van der Waals surface area (Å²) in [7, 11) is 3.46. The van der Waals surface area contributed by atoms with Crippen LogP contribution in [0.4, 0.5) is 23.0 Å². The zero-order chi connectivity index (χ0) is 32.5. The van der Waals surface area contributed by atoms with E-state index in [-0.39, 0.29) is 23.9 Å². The van der Waals surface area contributed by atoms with Crippen LogP contribution in [-0.4, -0.2) is 97.6 Å². The van der Waals surface area contributed by atoms with Crippen LogP contribution >= 0.6 is 0 Å². The average Bonchev–Trinajstić information content (AvgIpc) is 3.93. The van der Waals surface area contributed by atoms with Crippen LogP contribution < -0.4 is 25.2 Å². The second-order valence-corrected chi connectivity index (χ2v) is 14.6. The number of pyridine rings is 1. The Balaban J connectivity index is 0.968. The number of fused-ring (bicyclic) bond motifs is 1. The van der Waals surface area contributed by atoms with E-state index in [2.05, 4.69) is 25.3 Å². The van der Waals surface area contributed by atoms with Crippen molar-refractivity contribution in [2.24, 2.45) is 5.92 Å². The molecule has 0 radical (unpaired) electrons. The molecule has 0 spiro atoms. The highest BCUT2D eigenvalue weighted by atomic mass is 16.5. The van der Waals surface area contributed by atoms with E-state index in [4.69, 9.17) is 9.72 Å². The number of rotatable bonds is 9. The van der Waals surface area contributed by atoms with Gasteiger partial charge in [0.15, 0.2) is 5.82 Å². The normalized spacial score (nSPS) is 26.2. The monoisotopic (exact) mass is 643 g/mol. The highest BCUT2D eigenvalue weighted by Gasteiger charge is 2.39. The van der Waals surface area contributed by atoms with Crippen LogP contribution in [0, 0.1) is 5.92 Å². The summed E-state index contributed by atoms with van der Waals surface area (Å²) in [5.74, 6) is 3.13. The fourth-order valence-corrected chi connectivity index (χ4v) is 8.42. The van der Waals surface area contributed by atoms with Crippen molar-refractivity contribution in [2.75, 3.05) is 62.0 Å². The van der Waals surface area contributed by atoms with Gasteiger partial charge in [-0.05, 0) is 94.5 Å². The number of nitrogens with one attached hydrogen (secondary N) is 2. The molecule has 2 aromatic rings. The Hall–Kier alpha value is -3.37. The van der Waals surface area contributed by atoms with Crippen molar-refractivity contribution in [3.8, 4) is 5.75 Å². The maximum Gasteiger partial charge on any atom is 0.251 e. The molecule has 47 heavy (non-hydrogen) atoms. The molecule has 1 atom stereocenters. The lowest BCUT2D eigenvalue weighted by molar-refractivity contribution is -0.119. The molecule has 10 heteroatoms. The third kappa shape index (κ3) is 7.09. The minimum atomic E-state index is -0.256. The lowest BCUT2D eigenvalue weighted by atomic mass is 9.89. The van der Waals surface area contributed by atoms with Gasteiger partial charge in [-0.3, -0.25) is 14.5 Å². The van der Waals surface area contributed by atoms with Gasteiger partial charge in [-0.15, -0.1) is 0 Å². The average molecular weight is 644 g/mol. The number of methoxy groups -OCH3 is 1. The van der Waals surface area contributed by atoms with Crippen molar-refractivity contribution in [3.05, 3.63) is 35.9 Å². The second kappa shape index (κ2) is 14.0. The van der Waals surface area contributed by atoms with Gasteiger partial charge in [-0.2, -0.15) is 0 Å². The van der Waals surface area contributed by atoms with E-state index in [9.17, 15) is 9.59 Å². The number of likely N-dealkylation sites (N-methyl/N-ethyl adjacent to an activating group) is 1. The molecular formula is C37H53N7O3. The lowest BCUT2D eigenvalue weighted by Gasteiger charge is -2.44. The first-order chi connectivity index (χ1) is 22.9. The summed E-state index contributed by atoms with van der Waals surface area (Å²) in [5, 5.41) is 6.74. The maximum absolute atomic E-state index is 13.3. The summed E-state index contributed by atoms with van der Waals surface area (Å²) in [6.07, 6.45) is 13.0. The van der Waals surface area contributed by atoms with E-state index < -0.39 is 0 Å². The summed E-state index contributed by atoms with van der Waals surface area (Å²) < 4.78 is 5.75.